The van der Waals surface area contributed by atoms with E-state index in [9.17, 15) is 4.79 Å². The predicted molar refractivity (Wildman–Crippen MR) is 92.9 cm³/mol. The maximum Gasteiger partial charge on any atom is 0.270 e. The van der Waals surface area contributed by atoms with E-state index in [1.54, 1.807) is 12.3 Å². The third-order valence-corrected chi connectivity index (χ3v) is 3.57. The second-order valence-corrected chi connectivity index (χ2v) is 5.61. The first kappa shape index (κ1) is 17.2. The Labute approximate surface area is 141 Å². The zero-order valence-electron chi connectivity index (χ0n) is 13.2. The van der Waals surface area contributed by atoms with Crippen LogP contribution in [0.3, 0.4) is 0 Å². The second kappa shape index (κ2) is 9.10. The number of rotatable bonds is 8. The molecule has 0 saturated carbocycles. The molecule has 0 aliphatic carbocycles. The third-order valence-electron chi connectivity index (χ3n) is 3.31. The van der Waals surface area contributed by atoms with Crippen LogP contribution < -0.4 is 10.6 Å². The molecule has 1 amide bonds. The maximum atomic E-state index is 12.1. The molecule has 0 aliphatic heterocycles. The van der Waals surface area contributed by atoms with Crippen LogP contribution in [-0.4, -0.2) is 29.0 Å². The largest absolute Gasteiger partial charge is 0.354 e. The lowest BCUT2D eigenvalue weighted by Crippen LogP contribution is -2.27. The lowest BCUT2D eigenvalue weighted by molar-refractivity contribution is 0.0949. The van der Waals surface area contributed by atoms with Gasteiger partial charge >= 0.3 is 0 Å². The zero-order chi connectivity index (χ0) is 16.5. The van der Waals surface area contributed by atoms with Crippen molar-refractivity contribution >= 4 is 23.5 Å². The number of benzene rings is 1. The number of amides is 1. The summed E-state index contributed by atoms with van der Waals surface area (Å²) in [5.74, 6) is 0.295. The van der Waals surface area contributed by atoms with Crippen LogP contribution in [0.4, 0.5) is 5.95 Å². The van der Waals surface area contributed by atoms with E-state index in [1.807, 2.05) is 24.3 Å². The standard InChI is InChI=1S/C17H21ClN4O/c1-2-3-10-20-17-21-12-9-15(22-17)16(23)19-11-8-13-4-6-14(18)7-5-13/h4-7,9,12H,2-3,8,10-11H2,1H3,(H,19,23)(H,20,21,22). The van der Waals surface area contributed by atoms with Gasteiger partial charge in [0.05, 0.1) is 0 Å². The number of carbonyl (C=O) groups excluding carboxylic acids is 1. The molecule has 0 spiro atoms. The summed E-state index contributed by atoms with van der Waals surface area (Å²) >= 11 is 5.85. The summed E-state index contributed by atoms with van der Waals surface area (Å²) in [7, 11) is 0. The monoisotopic (exact) mass is 332 g/mol. The molecule has 0 atom stereocenters. The quantitative estimate of drug-likeness (QED) is 0.728. The van der Waals surface area contributed by atoms with Crippen LogP contribution >= 0.6 is 11.6 Å². The van der Waals surface area contributed by atoms with Crippen molar-refractivity contribution in [1.29, 1.82) is 0 Å². The van der Waals surface area contributed by atoms with Gasteiger partial charge in [0.15, 0.2) is 0 Å². The van der Waals surface area contributed by atoms with Crippen LogP contribution in [0.1, 0.15) is 35.8 Å². The molecule has 0 radical (unpaired) electrons. The van der Waals surface area contributed by atoms with E-state index < -0.39 is 0 Å². The molecule has 2 aromatic rings. The molecular weight excluding hydrogens is 312 g/mol. The molecule has 0 saturated heterocycles. The van der Waals surface area contributed by atoms with E-state index >= 15 is 0 Å². The van der Waals surface area contributed by atoms with Crippen molar-refractivity contribution in [3.8, 4) is 0 Å². The van der Waals surface area contributed by atoms with Gasteiger partial charge in [-0.3, -0.25) is 4.79 Å². The Morgan fingerprint density at radius 1 is 1.17 bits per heavy atom. The third kappa shape index (κ3) is 5.87. The Morgan fingerprint density at radius 3 is 2.70 bits per heavy atom. The van der Waals surface area contributed by atoms with Gasteiger partial charge in [0.1, 0.15) is 5.69 Å². The molecule has 1 aromatic heterocycles. The number of halogens is 1. The van der Waals surface area contributed by atoms with E-state index in [0.29, 0.717) is 23.2 Å². The normalized spacial score (nSPS) is 10.3. The number of carbonyl (C=O) groups is 1. The molecule has 23 heavy (non-hydrogen) atoms. The first-order valence-corrected chi connectivity index (χ1v) is 8.16. The van der Waals surface area contributed by atoms with Gasteiger partial charge in [-0.1, -0.05) is 37.1 Å². The smallest absolute Gasteiger partial charge is 0.270 e. The number of nitrogens with zero attached hydrogens (tertiary/aromatic N) is 2. The summed E-state index contributed by atoms with van der Waals surface area (Å²) in [5.41, 5.74) is 1.49. The highest BCUT2D eigenvalue weighted by molar-refractivity contribution is 6.30. The maximum absolute atomic E-state index is 12.1. The predicted octanol–water partition coefficient (Wildman–Crippen LogP) is 3.31. The highest BCUT2D eigenvalue weighted by Gasteiger charge is 2.08. The molecule has 0 unspecified atom stereocenters. The van der Waals surface area contributed by atoms with Gasteiger partial charge in [0.2, 0.25) is 5.95 Å². The first-order valence-electron chi connectivity index (χ1n) is 7.78. The SMILES string of the molecule is CCCCNc1nccc(C(=O)NCCc2ccc(Cl)cc2)n1. The van der Waals surface area contributed by atoms with E-state index in [2.05, 4.69) is 27.5 Å². The van der Waals surface area contributed by atoms with Crippen molar-refractivity contribution < 1.29 is 4.79 Å². The fraction of sp³-hybridized carbons (Fsp3) is 0.353. The van der Waals surface area contributed by atoms with Crippen LogP contribution in [0, 0.1) is 0 Å². The lowest BCUT2D eigenvalue weighted by Gasteiger charge is -2.07. The zero-order valence-corrected chi connectivity index (χ0v) is 13.9. The van der Waals surface area contributed by atoms with Crippen LogP contribution in [0.5, 0.6) is 0 Å². The molecule has 122 valence electrons. The molecule has 5 nitrogen and oxygen atoms in total. The lowest BCUT2D eigenvalue weighted by atomic mass is 10.1. The van der Waals surface area contributed by atoms with E-state index in [4.69, 9.17) is 11.6 Å². The van der Waals surface area contributed by atoms with Gasteiger partial charge in [-0.2, -0.15) is 0 Å². The van der Waals surface area contributed by atoms with Crippen molar-refractivity contribution in [1.82, 2.24) is 15.3 Å². The molecule has 0 aliphatic rings. The summed E-state index contributed by atoms with van der Waals surface area (Å²) in [6, 6.07) is 9.21. The van der Waals surface area contributed by atoms with Gasteiger partial charge in [-0.15, -0.1) is 0 Å². The van der Waals surface area contributed by atoms with Crippen LogP contribution in [0.15, 0.2) is 36.5 Å². The summed E-state index contributed by atoms with van der Waals surface area (Å²) in [5, 5.41) is 6.69. The van der Waals surface area contributed by atoms with Crippen molar-refractivity contribution in [3.63, 3.8) is 0 Å². The molecule has 0 fully saturated rings. The molecule has 6 heteroatoms. The number of nitrogens with one attached hydrogen (secondary N) is 2. The van der Waals surface area contributed by atoms with Crippen LogP contribution in [0.2, 0.25) is 5.02 Å². The number of anilines is 1. The van der Waals surface area contributed by atoms with Gasteiger partial charge in [-0.05, 0) is 36.6 Å². The Bertz CT molecular complexity index is 631. The van der Waals surface area contributed by atoms with Crippen LogP contribution in [-0.2, 0) is 6.42 Å². The van der Waals surface area contributed by atoms with Crippen LogP contribution in [0.25, 0.3) is 0 Å². The minimum absolute atomic E-state index is 0.195. The van der Waals surface area contributed by atoms with Crippen molar-refractivity contribution in [2.24, 2.45) is 0 Å². The van der Waals surface area contributed by atoms with E-state index in [1.165, 1.54) is 0 Å². The number of hydrogen-bond donors (Lipinski definition) is 2. The van der Waals surface area contributed by atoms with Crippen molar-refractivity contribution in [2.75, 3.05) is 18.4 Å². The van der Waals surface area contributed by atoms with Gasteiger partial charge in [0.25, 0.3) is 5.91 Å². The van der Waals surface area contributed by atoms with Gasteiger partial charge in [-0.25, -0.2) is 9.97 Å². The topological polar surface area (TPSA) is 66.9 Å². The molecular formula is C17H21ClN4O. The van der Waals surface area contributed by atoms with Gasteiger partial charge < -0.3 is 10.6 Å². The first-order chi connectivity index (χ1) is 11.2. The summed E-state index contributed by atoms with van der Waals surface area (Å²) in [6.45, 7) is 3.47. The molecule has 1 aromatic carbocycles. The van der Waals surface area contributed by atoms with Gasteiger partial charge in [0, 0.05) is 24.3 Å². The Kier molecular flexibility index (Phi) is 6.81. The molecule has 0 bridgehead atoms. The summed E-state index contributed by atoms with van der Waals surface area (Å²) in [6.07, 6.45) is 4.48. The number of unbranched alkanes of at least 4 members (excludes halogenated alkanes) is 1. The van der Waals surface area contributed by atoms with Crippen molar-refractivity contribution in [3.05, 3.63) is 52.8 Å². The number of aromatic nitrogens is 2. The average Bonchev–Trinajstić information content (AvgIpc) is 2.57. The van der Waals surface area contributed by atoms with E-state index in [0.717, 1.165) is 31.4 Å². The molecule has 2 N–H and O–H groups in total. The highest BCUT2D eigenvalue weighted by Crippen LogP contribution is 2.09. The minimum atomic E-state index is -0.195. The average molecular weight is 333 g/mol. The molecule has 1 heterocycles. The van der Waals surface area contributed by atoms with Crippen molar-refractivity contribution in [2.45, 2.75) is 26.2 Å². The molecule has 2 rings (SSSR count). The number of hydrogen-bond acceptors (Lipinski definition) is 4. The highest BCUT2D eigenvalue weighted by atomic mass is 35.5. The fourth-order valence-electron chi connectivity index (χ4n) is 2.01. The summed E-state index contributed by atoms with van der Waals surface area (Å²) in [4.78, 5) is 20.5. The second-order valence-electron chi connectivity index (χ2n) is 5.18. The Hall–Kier alpha value is -2.14. The summed E-state index contributed by atoms with van der Waals surface area (Å²) < 4.78 is 0. The fourth-order valence-corrected chi connectivity index (χ4v) is 2.14. The minimum Gasteiger partial charge on any atom is -0.354 e. The Balaban J connectivity index is 1.82. The Morgan fingerprint density at radius 2 is 1.96 bits per heavy atom. The van der Waals surface area contributed by atoms with E-state index in [-0.39, 0.29) is 5.91 Å².